The van der Waals surface area contributed by atoms with Crippen LogP contribution in [0.1, 0.15) is 51.1 Å². The van der Waals surface area contributed by atoms with Crippen molar-refractivity contribution in [2.45, 2.75) is 45.6 Å². The quantitative estimate of drug-likeness (QED) is 0.832. The Labute approximate surface area is 118 Å². The van der Waals surface area contributed by atoms with Gasteiger partial charge in [0, 0.05) is 24.8 Å². The van der Waals surface area contributed by atoms with Crippen molar-refractivity contribution >= 4 is 5.69 Å². The Morgan fingerprint density at radius 3 is 2.79 bits per heavy atom. The predicted octanol–water partition coefficient (Wildman–Crippen LogP) is 3.98. The van der Waals surface area contributed by atoms with Gasteiger partial charge in [0.2, 0.25) is 0 Å². The average molecular weight is 260 g/mol. The number of hydrogen-bond donors (Lipinski definition) is 1. The second-order valence-electron chi connectivity index (χ2n) is 5.70. The summed E-state index contributed by atoms with van der Waals surface area (Å²) in [6, 6.07) is 9.39. The van der Waals surface area contributed by atoms with E-state index >= 15 is 0 Å². The molecule has 1 aliphatic rings. The van der Waals surface area contributed by atoms with Crippen molar-refractivity contribution in [3.8, 4) is 0 Å². The lowest BCUT2D eigenvalue weighted by Crippen LogP contribution is -2.24. The zero-order chi connectivity index (χ0) is 13.7. The van der Waals surface area contributed by atoms with E-state index in [1.807, 2.05) is 0 Å². The van der Waals surface area contributed by atoms with Crippen LogP contribution in [0.5, 0.6) is 0 Å². The Balaban J connectivity index is 2.16. The fraction of sp³-hybridized carbons (Fsp3) is 0.647. The standard InChI is InChI=1S/C17H28N2/c1-4-8-14-11-12-19(13-14)17-10-7-6-9-15(17)16(5-2)18-3/h6-7,9-10,14,16,18H,4-5,8,11-13H2,1-3H3. The molecular formula is C17H28N2. The summed E-state index contributed by atoms with van der Waals surface area (Å²) in [4.78, 5) is 2.59. The van der Waals surface area contributed by atoms with Gasteiger partial charge in [0.15, 0.2) is 0 Å². The van der Waals surface area contributed by atoms with Crippen molar-refractivity contribution in [2.24, 2.45) is 5.92 Å². The Morgan fingerprint density at radius 1 is 1.32 bits per heavy atom. The van der Waals surface area contributed by atoms with Crippen LogP contribution in [0, 0.1) is 5.92 Å². The van der Waals surface area contributed by atoms with Gasteiger partial charge >= 0.3 is 0 Å². The topological polar surface area (TPSA) is 15.3 Å². The minimum atomic E-state index is 0.474. The third-order valence-corrected chi connectivity index (χ3v) is 4.39. The Bertz CT molecular complexity index is 385. The molecule has 0 bridgehead atoms. The van der Waals surface area contributed by atoms with Crippen LogP contribution >= 0.6 is 0 Å². The fourth-order valence-corrected chi connectivity index (χ4v) is 3.35. The van der Waals surface area contributed by atoms with E-state index in [-0.39, 0.29) is 0 Å². The van der Waals surface area contributed by atoms with Gasteiger partial charge in [0.1, 0.15) is 0 Å². The smallest absolute Gasteiger partial charge is 0.0414 e. The van der Waals surface area contributed by atoms with Gasteiger partial charge in [0.05, 0.1) is 0 Å². The van der Waals surface area contributed by atoms with Crippen LogP contribution in [0.15, 0.2) is 24.3 Å². The summed E-state index contributed by atoms with van der Waals surface area (Å²) in [6.45, 7) is 7.01. The lowest BCUT2D eigenvalue weighted by Gasteiger charge is -2.26. The molecule has 1 aliphatic heterocycles. The first kappa shape index (κ1) is 14.4. The highest BCUT2D eigenvalue weighted by molar-refractivity contribution is 5.55. The number of rotatable bonds is 6. The molecule has 2 nitrogen and oxygen atoms in total. The minimum Gasteiger partial charge on any atom is -0.371 e. The van der Waals surface area contributed by atoms with Gasteiger partial charge in [-0.25, -0.2) is 0 Å². The Kier molecular flexibility index (Phi) is 5.26. The van der Waals surface area contributed by atoms with Crippen molar-refractivity contribution in [2.75, 3.05) is 25.0 Å². The molecule has 1 heterocycles. The van der Waals surface area contributed by atoms with Crippen molar-refractivity contribution in [1.82, 2.24) is 5.32 Å². The summed E-state index contributed by atoms with van der Waals surface area (Å²) >= 11 is 0. The van der Waals surface area contributed by atoms with E-state index in [4.69, 9.17) is 0 Å². The molecule has 0 radical (unpaired) electrons. The molecule has 2 rings (SSSR count). The minimum absolute atomic E-state index is 0.474. The third-order valence-electron chi connectivity index (χ3n) is 4.39. The predicted molar refractivity (Wildman–Crippen MR) is 83.8 cm³/mol. The molecule has 1 aromatic rings. The van der Waals surface area contributed by atoms with Crippen LogP contribution in [-0.4, -0.2) is 20.1 Å². The lowest BCUT2D eigenvalue weighted by atomic mass is 10.0. The van der Waals surface area contributed by atoms with E-state index in [1.54, 1.807) is 0 Å². The molecule has 2 heteroatoms. The fourth-order valence-electron chi connectivity index (χ4n) is 3.35. The number of anilines is 1. The van der Waals surface area contributed by atoms with Crippen molar-refractivity contribution < 1.29 is 0 Å². The van der Waals surface area contributed by atoms with E-state index in [9.17, 15) is 0 Å². The first-order valence-electron chi connectivity index (χ1n) is 7.81. The number of benzene rings is 1. The summed E-state index contributed by atoms with van der Waals surface area (Å²) in [7, 11) is 2.06. The monoisotopic (exact) mass is 260 g/mol. The first-order chi connectivity index (χ1) is 9.30. The molecule has 0 aromatic heterocycles. The molecular weight excluding hydrogens is 232 g/mol. The molecule has 0 aliphatic carbocycles. The Morgan fingerprint density at radius 2 is 2.11 bits per heavy atom. The van der Waals surface area contributed by atoms with Gasteiger partial charge < -0.3 is 10.2 Å². The zero-order valence-electron chi connectivity index (χ0n) is 12.7. The van der Waals surface area contributed by atoms with Gasteiger partial charge in [-0.3, -0.25) is 0 Å². The summed E-state index contributed by atoms with van der Waals surface area (Å²) < 4.78 is 0. The van der Waals surface area contributed by atoms with E-state index in [0.717, 1.165) is 12.3 Å². The van der Waals surface area contributed by atoms with E-state index < -0.39 is 0 Å². The summed E-state index contributed by atoms with van der Waals surface area (Å²) in [5, 5.41) is 3.44. The number of para-hydroxylation sites is 1. The first-order valence-corrected chi connectivity index (χ1v) is 7.81. The van der Waals surface area contributed by atoms with Crippen LogP contribution in [0.2, 0.25) is 0 Å². The van der Waals surface area contributed by atoms with Crippen LogP contribution in [0.3, 0.4) is 0 Å². The molecule has 2 atom stereocenters. The summed E-state index contributed by atoms with van der Waals surface area (Å²) in [5.41, 5.74) is 2.91. The van der Waals surface area contributed by atoms with Crippen LogP contribution in [0.25, 0.3) is 0 Å². The molecule has 106 valence electrons. The molecule has 1 fully saturated rings. The van der Waals surface area contributed by atoms with Gasteiger partial charge in [-0.05, 0) is 43.9 Å². The van der Waals surface area contributed by atoms with Gasteiger partial charge in [-0.1, -0.05) is 38.5 Å². The SMILES string of the molecule is CCCC1CCN(c2ccccc2C(CC)NC)C1. The maximum Gasteiger partial charge on any atom is 0.0414 e. The van der Waals surface area contributed by atoms with E-state index in [0.29, 0.717) is 6.04 Å². The van der Waals surface area contributed by atoms with Crippen molar-refractivity contribution in [3.63, 3.8) is 0 Å². The second-order valence-corrected chi connectivity index (χ2v) is 5.70. The van der Waals surface area contributed by atoms with Gasteiger partial charge in [-0.15, -0.1) is 0 Å². The average Bonchev–Trinajstić information content (AvgIpc) is 2.90. The summed E-state index contributed by atoms with van der Waals surface area (Å²) in [6.07, 6.45) is 5.19. The van der Waals surface area contributed by atoms with Crippen LogP contribution in [0.4, 0.5) is 5.69 Å². The van der Waals surface area contributed by atoms with Gasteiger partial charge in [-0.2, -0.15) is 0 Å². The Hall–Kier alpha value is -1.02. The third kappa shape index (κ3) is 3.30. The molecule has 1 N–H and O–H groups in total. The summed E-state index contributed by atoms with van der Waals surface area (Å²) in [5.74, 6) is 0.896. The molecule has 2 unspecified atom stereocenters. The van der Waals surface area contributed by atoms with Crippen molar-refractivity contribution in [1.29, 1.82) is 0 Å². The molecule has 0 amide bonds. The molecule has 1 aromatic carbocycles. The highest BCUT2D eigenvalue weighted by atomic mass is 15.2. The lowest BCUT2D eigenvalue weighted by molar-refractivity contribution is 0.529. The van der Waals surface area contributed by atoms with E-state index in [2.05, 4.69) is 55.4 Å². The normalized spacial score (nSPS) is 20.8. The molecule has 0 spiro atoms. The molecule has 19 heavy (non-hydrogen) atoms. The highest BCUT2D eigenvalue weighted by Gasteiger charge is 2.24. The van der Waals surface area contributed by atoms with Gasteiger partial charge in [0.25, 0.3) is 0 Å². The van der Waals surface area contributed by atoms with Crippen LogP contribution < -0.4 is 10.2 Å². The molecule has 0 saturated carbocycles. The number of hydrogen-bond acceptors (Lipinski definition) is 2. The molecule has 1 saturated heterocycles. The van der Waals surface area contributed by atoms with E-state index in [1.165, 1.54) is 43.6 Å². The highest BCUT2D eigenvalue weighted by Crippen LogP contribution is 2.32. The number of nitrogens with zero attached hydrogens (tertiary/aromatic N) is 1. The number of nitrogens with one attached hydrogen (secondary N) is 1. The maximum absolute atomic E-state index is 3.44. The zero-order valence-corrected chi connectivity index (χ0v) is 12.7. The largest absolute Gasteiger partial charge is 0.371 e. The maximum atomic E-state index is 3.44. The second kappa shape index (κ2) is 6.95. The van der Waals surface area contributed by atoms with Crippen molar-refractivity contribution in [3.05, 3.63) is 29.8 Å². The van der Waals surface area contributed by atoms with Crippen LogP contribution in [-0.2, 0) is 0 Å².